The molecule has 9 heteroatoms. The van der Waals surface area contributed by atoms with Crippen molar-refractivity contribution in [2.75, 3.05) is 11.1 Å². The second kappa shape index (κ2) is 5.64. The number of hydrogen-bond acceptors (Lipinski definition) is 5. The van der Waals surface area contributed by atoms with Crippen molar-refractivity contribution in [1.82, 2.24) is 0 Å². The molecule has 1 rings (SSSR count). The Balaban J connectivity index is 3.15. The van der Waals surface area contributed by atoms with E-state index in [1.807, 2.05) is 0 Å². The fourth-order valence-electron chi connectivity index (χ4n) is 1.42. The van der Waals surface area contributed by atoms with Crippen LogP contribution < -0.4 is 5.32 Å². The van der Waals surface area contributed by atoms with E-state index >= 15 is 0 Å². The molecule has 0 heterocycles. The highest BCUT2D eigenvalue weighted by Crippen LogP contribution is 2.40. The van der Waals surface area contributed by atoms with Crippen LogP contribution in [-0.2, 0) is 21.3 Å². The minimum atomic E-state index is -4.22. The zero-order valence-electron chi connectivity index (χ0n) is 9.84. The lowest BCUT2D eigenvalue weighted by molar-refractivity contribution is -0.114. The maximum absolute atomic E-state index is 10.9. The van der Waals surface area contributed by atoms with Gasteiger partial charge in [0.2, 0.25) is 5.91 Å². The minimum Gasteiger partial charge on any atom is -0.508 e. The van der Waals surface area contributed by atoms with Gasteiger partial charge in [-0.1, -0.05) is 11.6 Å². The first-order valence-electron chi connectivity index (χ1n) is 5.08. The molecule has 0 aromatic heterocycles. The standard InChI is InChI=1S/C10H12ClNO6S/c1-5(13)12-7-4-8(14)6(9(11)10(7)15)2-3-19(16,17)18/h4,14-15H,2-3H2,1H3,(H,12,13)(H,16,17,18). The Morgan fingerprint density at radius 3 is 2.47 bits per heavy atom. The number of nitrogens with one attached hydrogen (secondary N) is 1. The second-order valence-corrected chi connectivity index (χ2v) is 5.75. The Kier molecular flexibility index (Phi) is 4.61. The van der Waals surface area contributed by atoms with Gasteiger partial charge < -0.3 is 15.5 Å². The Morgan fingerprint density at radius 1 is 1.42 bits per heavy atom. The predicted octanol–water partition coefficient (Wildman–Crippen LogP) is 1.14. The highest BCUT2D eigenvalue weighted by Gasteiger charge is 2.18. The zero-order valence-corrected chi connectivity index (χ0v) is 11.4. The number of phenols is 2. The largest absolute Gasteiger partial charge is 0.508 e. The normalized spacial score (nSPS) is 11.3. The highest BCUT2D eigenvalue weighted by molar-refractivity contribution is 7.85. The molecular weight excluding hydrogens is 298 g/mol. The first-order chi connectivity index (χ1) is 8.61. The summed E-state index contributed by atoms with van der Waals surface area (Å²) in [6.45, 7) is 1.20. The van der Waals surface area contributed by atoms with Gasteiger partial charge in [-0.3, -0.25) is 9.35 Å². The summed E-state index contributed by atoms with van der Waals surface area (Å²) in [5, 5.41) is 21.4. The monoisotopic (exact) mass is 309 g/mol. The molecule has 0 aliphatic heterocycles. The maximum Gasteiger partial charge on any atom is 0.265 e. The third kappa shape index (κ3) is 4.27. The van der Waals surface area contributed by atoms with Gasteiger partial charge in [0.05, 0.1) is 16.5 Å². The van der Waals surface area contributed by atoms with Gasteiger partial charge in [0.1, 0.15) is 5.75 Å². The van der Waals surface area contributed by atoms with Gasteiger partial charge in [-0.2, -0.15) is 8.42 Å². The van der Waals surface area contributed by atoms with Crippen molar-refractivity contribution in [3.8, 4) is 11.5 Å². The third-order valence-corrected chi connectivity index (χ3v) is 3.37. The van der Waals surface area contributed by atoms with Crippen molar-refractivity contribution < 1.29 is 28.0 Å². The van der Waals surface area contributed by atoms with Crippen LogP contribution in [0, 0.1) is 0 Å². The summed E-state index contributed by atoms with van der Waals surface area (Å²) in [5.41, 5.74) is -0.128. The molecule has 0 atom stereocenters. The number of phenolic OH excluding ortho intramolecular Hbond substituents is 2. The molecule has 0 aliphatic rings. The number of benzene rings is 1. The Hall–Kier alpha value is -1.51. The van der Waals surface area contributed by atoms with Gasteiger partial charge in [-0.05, 0) is 6.42 Å². The SMILES string of the molecule is CC(=O)Nc1cc(O)c(CCS(=O)(=O)O)c(Cl)c1O. The molecule has 7 nitrogen and oxygen atoms in total. The van der Waals surface area contributed by atoms with E-state index in [0.29, 0.717) is 0 Å². The third-order valence-electron chi connectivity index (χ3n) is 2.24. The van der Waals surface area contributed by atoms with Crippen molar-refractivity contribution in [3.05, 3.63) is 16.7 Å². The topological polar surface area (TPSA) is 124 Å². The molecule has 106 valence electrons. The van der Waals surface area contributed by atoms with Crippen LogP contribution in [0.15, 0.2) is 6.07 Å². The minimum absolute atomic E-state index is 0.0362. The molecule has 0 aliphatic carbocycles. The van der Waals surface area contributed by atoms with Crippen molar-refractivity contribution in [1.29, 1.82) is 0 Å². The van der Waals surface area contributed by atoms with Gasteiger partial charge in [0, 0.05) is 18.6 Å². The Morgan fingerprint density at radius 2 is 2.00 bits per heavy atom. The predicted molar refractivity (Wildman–Crippen MR) is 69.2 cm³/mol. The molecule has 1 aromatic carbocycles. The second-order valence-electron chi connectivity index (χ2n) is 3.80. The van der Waals surface area contributed by atoms with Crippen molar-refractivity contribution in [2.24, 2.45) is 0 Å². The van der Waals surface area contributed by atoms with Crippen LogP contribution in [0.5, 0.6) is 11.5 Å². The van der Waals surface area contributed by atoms with Crippen LogP contribution >= 0.6 is 11.6 Å². The van der Waals surface area contributed by atoms with Crippen LogP contribution in [-0.4, -0.2) is 34.8 Å². The van der Waals surface area contributed by atoms with E-state index in [1.54, 1.807) is 0 Å². The number of rotatable bonds is 4. The molecule has 0 unspecified atom stereocenters. The summed E-state index contributed by atoms with van der Waals surface area (Å²) < 4.78 is 29.9. The maximum atomic E-state index is 10.9. The smallest absolute Gasteiger partial charge is 0.265 e. The van der Waals surface area contributed by atoms with Crippen LogP contribution in [0.4, 0.5) is 5.69 Å². The lowest BCUT2D eigenvalue weighted by Crippen LogP contribution is -2.09. The van der Waals surface area contributed by atoms with Crippen LogP contribution in [0.3, 0.4) is 0 Å². The van der Waals surface area contributed by atoms with E-state index < -0.39 is 33.3 Å². The molecule has 0 fully saturated rings. The van der Waals surface area contributed by atoms with Crippen LogP contribution in [0.1, 0.15) is 12.5 Å². The molecule has 0 radical (unpaired) electrons. The van der Waals surface area contributed by atoms with E-state index in [4.69, 9.17) is 16.2 Å². The number of anilines is 1. The summed E-state index contributed by atoms with van der Waals surface area (Å²) in [6, 6.07) is 1.04. The van der Waals surface area contributed by atoms with Crippen molar-refractivity contribution in [2.45, 2.75) is 13.3 Å². The molecule has 0 spiro atoms. The van der Waals surface area contributed by atoms with Gasteiger partial charge in [-0.15, -0.1) is 0 Å². The fraction of sp³-hybridized carbons (Fsp3) is 0.300. The molecule has 1 aromatic rings. The van der Waals surface area contributed by atoms with E-state index in [0.717, 1.165) is 6.07 Å². The zero-order chi connectivity index (χ0) is 14.8. The van der Waals surface area contributed by atoms with E-state index in [1.165, 1.54) is 6.92 Å². The average Bonchev–Trinajstić information content (AvgIpc) is 2.23. The summed E-state index contributed by atoms with van der Waals surface area (Å²) in [7, 11) is -4.22. The van der Waals surface area contributed by atoms with Crippen LogP contribution in [0.2, 0.25) is 5.02 Å². The van der Waals surface area contributed by atoms with Crippen molar-refractivity contribution >= 4 is 33.3 Å². The fourth-order valence-corrected chi connectivity index (χ4v) is 2.17. The van der Waals surface area contributed by atoms with Gasteiger partial charge in [-0.25, -0.2) is 0 Å². The molecule has 4 N–H and O–H groups in total. The number of carbonyl (C=O) groups is 1. The average molecular weight is 310 g/mol. The lowest BCUT2D eigenvalue weighted by Gasteiger charge is -2.12. The summed E-state index contributed by atoms with van der Waals surface area (Å²) >= 11 is 5.78. The summed E-state index contributed by atoms with van der Waals surface area (Å²) in [5.74, 6) is -2.01. The van der Waals surface area contributed by atoms with Crippen molar-refractivity contribution in [3.63, 3.8) is 0 Å². The summed E-state index contributed by atoms with van der Waals surface area (Å²) in [4.78, 5) is 10.9. The van der Waals surface area contributed by atoms with Gasteiger partial charge in [0.15, 0.2) is 5.75 Å². The number of halogens is 1. The molecule has 0 saturated heterocycles. The Bertz CT molecular complexity index is 613. The quantitative estimate of drug-likeness (QED) is 0.375. The van der Waals surface area contributed by atoms with E-state index in [-0.39, 0.29) is 22.7 Å². The van der Waals surface area contributed by atoms with Gasteiger partial charge in [0.25, 0.3) is 10.1 Å². The molecule has 0 bridgehead atoms. The van der Waals surface area contributed by atoms with E-state index in [2.05, 4.69) is 5.32 Å². The highest BCUT2D eigenvalue weighted by atomic mass is 35.5. The first-order valence-corrected chi connectivity index (χ1v) is 7.06. The molecule has 0 saturated carbocycles. The molecular formula is C10H12ClNO6S. The van der Waals surface area contributed by atoms with Gasteiger partial charge >= 0.3 is 0 Å². The number of aromatic hydroxyl groups is 2. The summed E-state index contributed by atoms with van der Waals surface area (Å²) in [6.07, 6.45) is -0.280. The molecule has 1 amide bonds. The first kappa shape index (κ1) is 15.5. The van der Waals surface area contributed by atoms with Crippen LogP contribution in [0.25, 0.3) is 0 Å². The number of amides is 1. The lowest BCUT2D eigenvalue weighted by atomic mass is 10.1. The Labute approximate surface area is 114 Å². The number of hydrogen-bond donors (Lipinski definition) is 4. The van der Waals surface area contributed by atoms with E-state index in [9.17, 15) is 23.4 Å². The molecule has 19 heavy (non-hydrogen) atoms. The number of carbonyl (C=O) groups excluding carboxylic acids is 1.